The Balaban J connectivity index is 1.83. The van der Waals surface area contributed by atoms with Gasteiger partial charge < -0.3 is 5.32 Å². The number of amides is 2. The maximum absolute atomic E-state index is 12.8. The fraction of sp³-hybridized carbons (Fsp3) is 0.304. The van der Waals surface area contributed by atoms with E-state index >= 15 is 0 Å². The summed E-state index contributed by atoms with van der Waals surface area (Å²) in [7, 11) is -4.07. The monoisotopic (exact) mass is 459 g/mol. The molecule has 0 saturated carbocycles. The van der Waals surface area contributed by atoms with Gasteiger partial charge in [0.05, 0.1) is 10.4 Å². The maximum Gasteiger partial charge on any atom is 0.328 e. The lowest BCUT2D eigenvalue weighted by molar-refractivity contribution is 0.245. The summed E-state index contributed by atoms with van der Waals surface area (Å²) in [5.74, 6) is 0.394. The van der Waals surface area contributed by atoms with E-state index in [-0.39, 0.29) is 23.3 Å². The molecule has 0 radical (unpaired) electrons. The zero-order chi connectivity index (χ0) is 22.8. The van der Waals surface area contributed by atoms with Crippen molar-refractivity contribution < 1.29 is 13.2 Å². The summed E-state index contributed by atoms with van der Waals surface area (Å²) in [5.41, 5.74) is 3.55. The fourth-order valence-corrected chi connectivity index (χ4v) is 4.99. The first-order valence-electron chi connectivity index (χ1n) is 10.1. The van der Waals surface area contributed by atoms with Crippen molar-refractivity contribution in [3.63, 3.8) is 0 Å². The van der Waals surface area contributed by atoms with Crippen LogP contribution in [0.4, 0.5) is 4.79 Å². The van der Waals surface area contributed by atoms with Crippen LogP contribution in [0.2, 0.25) is 5.02 Å². The van der Waals surface area contributed by atoms with Crippen molar-refractivity contribution in [2.75, 3.05) is 0 Å². The van der Waals surface area contributed by atoms with Gasteiger partial charge in [-0.15, -0.1) is 0 Å². The lowest BCUT2D eigenvalue weighted by Crippen LogP contribution is -2.39. The summed E-state index contributed by atoms with van der Waals surface area (Å²) in [5, 5.41) is 3.79. The Morgan fingerprint density at radius 2 is 1.68 bits per heavy atom. The second-order valence-electron chi connectivity index (χ2n) is 7.99. The Kier molecular flexibility index (Phi) is 6.86. The fourth-order valence-electron chi connectivity index (χ4n) is 3.61. The Bertz CT molecular complexity index is 1190. The average Bonchev–Trinajstić information content (AvgIpc) is 2.71. The van der Waals surface area contributed by atoms with E-state index in [9.17, 15) is 13.2 Å². The van der Waals surface area contributed by atoms with Gasteiger partial charge >= 0.3 is 6.03 Å². The average molecular weight is 460 g/mol. The number of pyridine rings is 1. The highest BCUT2D eigenvalue weighted by Crippen LogP contribution is 2.31. The van der Waals surface area contributed by atoms with E-state index in [4.69, 9.17) is 11.6 Å². The third kappa shape index (κ3) is 5.17. The number of nitrogens with one attached hydrogen (secondary N) is 2. The number of halogens is 1. The molecule has 0 atom stereocenters. The molecule has 0 saturated heterocycles. The minimum Gasteiger partial charge on any atom is -0.333 e. The van der Waals surface area contributed by atoms with Gasteiger partial charge in [-0.1, -0.05) is 45.4 Å². The molecule has 1 heterocycles. The summed E-state index contributed by atoms with van der Waals surface area (Å²) in [4.78, 5) is 16.7. The van der Waals surface area contributed by atoms with Gasteiger partial charge in [0.2, 0.25) is 0 Å². The van der Waals surface area contributed by atoms with E-state index in [1.54, 1.807) is 30.5 Å². The maximum atomic E-state index is 12.8. The minimum atomic E-state index is -4.07. The van der Waals surface area contributed by atoms with Crippen molar-refractivity contribution in [1.29, 1.82) is 0 Å². The summed E-state index contributed by atoms with van der Waals surface area (Å²) < 4.78 is 27.8. The van der Waals surface area contributed by atoms with Gasteiger partial charge in [-0.05, 0) is 64.9 Å². The van der Waals surface area contributed by atoms with E-state index in [2.05, 4.69) is 42.7 Å². The van der Waals surface area contributed by atoms with Crippen LogP contribution >= 0.6 is 11.6 Å². The molecule has 0 aliphatic carbocycles. The molecule has 2 amide bonds. The third-order valence-electron chi connectivity index (χ3n) is 5.08. The number of urea groups is 1. The van der Waals surface area contributed by atoms with Gasteiger partial charge in [0, 0.05) is 23.2 Å². The minimum absolute atomic E-state index is 0.00508. The molecule has 2 aromatic carbocycles. The van der Waals surface area contributed by atoms with Gasteiger partial charge in [-0.2, -0.15) is 0 Å². The number of hydrogen-bond donors (Lipinski definition) is 2. The summed E-state index contributed by atoms with van der Waals surface area (Å²) in [6, 6.07) is 11.1. The number of hydrogen-bond acceptors (Lipinski definition) is 4. The number of nitrogens with zero attached hydrogens (tertiary/aromatic N) is 1. The Labute approximate surface area is 188 Å². The van der Waals surface area contributed by atoms with Crippen LogP contribution in [0.15, 0.2) is 53.6 Å². The van der Waals surface area contributed by atoms with Crippen molar-refractivity contribution >= 4 is 38.6 Å². The predicted molar refractivity (Wildman–Crippen MR) is 124 cm³/mol. The highest BCUT2D eigenvalue weighted by atomic mass is 35.5. The summed E-state index contributed by atoms with van der Waals surface area (Å²) >= 11 is 6.29. The van der Waals surface area contributed by atoms with Crippen molar-refractivity contribution in [3.05, 3.63) is 70.4 Å². The van der Waals surface area contributed by atoms with E-state index < -0.39 is 16.1 Å². The first-order valence-corrected chi connectivity index (χ1v) is 11.9. The van der Waals surface area contributed by atoms with Gasteiger partial charge in [-0.25, -0.2) is 17.9 Å². The van der Waals surface area contributed by atoms with Gasteiger partial charge in [0.25, 0.3) is 10.0 Å². The number of benzene rings is 2. The highest BCUT2D eigenvalue weighted by molar-refractivity contribution is 7.90. The van der Waals surface area contributed by atoms with Crippen molar-refractivity contribution in [2.45, 2.75) is 51.0 Å². The number of rotatable bonds is 6. The van der Waals surface area contributed by atoms with Crippen LogP contribution < -0.4 is 10.0 Å². The zero-order valence-electron chi connectivity index (χ0n) is 17.9. The highest BCUT2D eigenvalue weighted by Gasteiger charge is 2.21. The molecule has 0 fully saturated rings. The van der Waals surface area contributed by atoms with Crippen LogP contribution in [0.3, 0.4) is 0 Å². The standard InChI is InChI=1S/C23H26ClN3O3S/c1-14(2)18-11-16(24)12-19(15(3)4)20(18)13-26-23(28)27-31(29,30)22-9-5-8-21-17(22)7-6-10-25-21/h5-12,14-15H,13H2,1-4H3,(H2,26,27,28). The van der Waals surface area contributed by atoms with Crippen LogP contribution in [0.1, 0.15) is 56.2 Å². The molecule has 31 heavy (non-hydrogen) atoms. The van der Waals surface area contributed by atoms with E-state index in [0.717, 1.165) is 16.7 Å². The van der Waals surface area contributed by atoms with Crippen LogP contribution in [0.25, 0.3) is 10.9 Å². The lowest BCUT2D eigenvalue weighted by atomic mass is 9.88. The van der Waals surface area contributed by atoms with E-state index in [0.29, 0.717) is 15.9 Å². The molecule has 3 rings (SSSR count). The van der Waals surface area contributed by atoms with Crippen LogP contribution in [0.5, 0.6) is 0 Å². The molecule has 0 aliphatic heterocycles. The Morgan fingerprint density at radius 3 is 2.29 bits per heavy atom. The van der Waals surface area contributed by atoms with Crippen LogP contribution in [-0.2, 0) is 16.6 Å². The zero-order valence-corrected chi connectivity index (χ0v) is 19.5. The van der Waals surface area contributed by atoms with E-state index in [1.807, 2.05) is 12.1 Å². The number of fused-ring (bicyclic) bond motifs is 1. The predicted octanol–water partition coefficient (Wildman–Crippen LogP) is 5.32. The normalized spacial score (nSPS) is 11.8. The molecular weight excluding hydrogens is 434 g/mol. The molecule has 0 aliphatic rings. The first-order chi connectivity index (χ1) is 14.6. The molecule has 3 aromatic rings. The summed E-state index contributed by atoms with van der Waals surface area (Å²) in [6.07, 6.45) is 1.59. The Morgan fingerprint density at radius 1 is 1.03 bits per heavy atom. The van der Waals surface area contributed by atoms with Crippen molar-refractivity contribution in [2.24, 2.45) is 0 Å². The number of aromatic nitrogens is 1. The lowest BCUT2D eigenvalue weighted by Gasteiger charge is -2.21. The molecule has 6 nitrogen and oxygen atoms in total. The second kappa shape index (κ2) is 9.24. The van der Waals surface area contributed by atoms with Crippen LogP contribution in [-0.4, -0.2) is 19.4 Å². The number of carbonyl (C=O) groups is 1. The molecule has 0 spiro atoms. The quantitative estimate of drug-likeness (QED) is 0.521. The SMILES string of the molecule is CC(C)c1cc(Cl)cc(C(C)C)c1CNC(=O)NS(=O)(=O)c1cccc2ncccc12. The molecule has 164 valence electrons. The summed E-state index contributed by atoms with van der Waals surface area (Å²) in [6.45, 7) is 8.41. The van der Waals surface area contributed by atoms with Gasteiger partial charge in [0.1, 0.15) is 0 Å². The molecule has 1 aromatic heterocycles. The number of sulfonamides is 1. The first kappa shape index (κ1) is 23.0. The smallest absolute Gasteiger partial charge is 0.328 e. The van der Waals surface area contributed by atoms with Crippen molar-refractivity contribution in [3.8, 4) is 0 Å². The molecule has 0 bridgehead atoms. The van der Waals surface area contributed by atoms with Crippen LogP contribution in [0, 0.1) is 0 Å². The molecule has 2 N–H and O–H groups in total. The van der Waals surface area contributed by atoms with Gasteiger partial charge in [-0.3, -0.25) is 4.98 Å². The molecule has 0 unspecified atom stereocenters. The molecule has 8 heteroatoms. The van der Waals surface area contributed by atoms with Gasteiger partial charge in [0.15, 0.2) is 0 Å². The van der Waals surface area contributed by atoms with Crippen molar-refractivity contribution in [1.82, 2.24) is 15.0 Å². The van der Waals surface area contributed by atoms with E-state index in [1.165, 1.54) is 6.07 Å². The molecular formula is C23H26ClN3O3S. The third-order valence-corrected chi connectivity index (χ3v) is 6.68. The second-order valence-corrected chi connectivity index (χ2v) is 10.1. The topological polar surface area (TPSA) is 88.2 Å². The largest absolute Gasteiger partial charge is 0.333 e. The number of carbonyl (C=O) groups excluding carboxylic acids is 1. The Hall–Kier alpha value is -2.64.